The van der Waals surface area contributed by atoms with Gasteiger partial charge < -0.3 is 30.4 Å². The van der Waals surface area contributed by atoms with Crippen molar-refractivity contribution in [3.63, 3.8) is 0 Å². The zero-order valence-electron chi connectivity index (χ0n) is 11.0. The van der Waals surface area contributed by atoms with Gasteiger partial charge >= 0.3 is 0 Å². The van der Waals surface area contributed by atoms with Crippen LogP contribution >= 0.6 is 0 Å². The SMILES string of the molecule is Cc1cn([C@@H]2O[C@H](CO)[C@@H](O)[C@H]2O)c2nccc(N)c12. The lowest BCUT2D eigenvalue weighted by Crippen LogP contribution is -2.33. The molecule has 0 aliphatic carbocycles. The van der Waals surface area contributed by atoms with Crippen molar-refractivity contribution in [1.82, 2.24) is 9.55 Å². The molecule has 3 rings (SSSR count). The van der Waals surface area contributed by atoms with E-state index in [2.05, 4.69) is 4.98 Å². The van der Waals surface area contributed by atoms with Crippen LogP contribution in [0, 0.1) is 6.92 Å². The van der Waals surface area contributed by atoms with Crippen LogP contribution in [0.4, 0.5) is 5.69 Å². The maximum atomic E-state index is 10.1. The molecule has 2 aromatic rings. The fourth-order valence-electron chi connectivity index (χ4n) is 2.70. The van der Waals surface area contributed by atoms with Gasteiger partial charge in [0.2, 0.25) is 0 Å². The van der Waals surface area contributed by atoms with Crippen LogP contribution in [0.2, 0.25) is 0 Å². The van der Waals surface area contributed by atoms with Gasteiger partial charge in [0.25, 0.3) is 0 Å². The van der Waals surface area contributed by atoms with Gasteiger partial charge in [-0.3, -0.25) is 0 Å². The van der Waals surface area contributed by atoms with Crippen LogP contribution < -0.4 is 5.73 Å². The van der Waals surface area contributed by atoms with Gasteiger partial charge in [-0.15, -0.1) is 0 Å². The molecular weight excluding hydrogens is 262 g/mol. The van der Waals surface area contributed by atoms with Crippen LogP contribution in [-0.4, -0.2) is 49.8 Å². The van der Waals surface area contributed by atoms with E-state index < -0.39 is 24.5 Å². The molecule has 0 aromatic carbocycles. The molecule has 4 atom stereocenters. The number of rotatable bonds is 2. The molecule has 0 radical (unpaired) electrons. The third kappa shape index (κ3) is 1.79. The van der Waals surface area contributed by atoms with Crippen LogP contribution in [0.1, 0.15) is 11.8 Å². The van der Waals surface area contributed by atoms with E-state index in [4.69, 9.17) is 15.6 Å². The molecule has 5 N–H and O–H groups in total. The number of nitrogens with two attached hydrogens (primary N) is 1. The highest BCUT2D eigenvalue weighted by Gasteiger charge is 2.43. The highest BCUT2D eigenvalue weighted by atomic mass is 16.6. The number of aliphatic hydroxyl groups excluding tert-OH is 3. The average Bonchev–Trinajstić information content (AvgIpc) is 2.90. The molecule has 0 saturated carbocycles. The van der Waals surface area contributed by atoms with Crippen LogP contribution in [0.25, 0.3) is 11.0 Å². The van der Waals surface area contributed by atoms with E-state index in [-0.39, 0.29) is 6.61 Å². The smallest absolute Gasteiger partial charge is 0.164 e. The maximum absolute atomic E-state index is 10.1. The predicted molar refractivity (Wildman–Crippen MR) is 71.9 cm³/mol. The molecule has 7 heteroatoms. The van der Waals surface area contributed by atoms with E-state index in [1.165, 1.54) is 0 Å². The minimum atomic E-state index is -1.14. The Bertz CT molecular complexity index is 642. The second-order valence-electron chi connectivity index (χ2n) is 5.05. The molecule has 7 nitrogen and oxygen atoms in total. The van der Waals surface area contributed by atoms with E-state index in [0.29, 0.717) is 11.3 Å². The van der Waals surface area contributed by atoms with Gasteiger partial charge in [0, 0.05) is 23.5 Å². The average molecular weight is 279 g/mol. The van der Waals surface area contributed by atoms with E-state index in [1.54, 1.807) is 23.0 Å². The summed E-state index contributed by atoms with van der Waals surface area (Å²) in [6.07, 6.45) is -0.529. The van der Waals surface area contributed by atoms with E-state index in [1.807, 2.05) is 6.92 Å². The number of nitrogens with zero attached hydrogens (tertiary/aromatic N) is 2. The summed E-state index contributed by atoms with van der Waals surface area (Å²) < 4.78 is 7.16. The molecule has 0 amide bonds. The highest BCUT2D eigenvalue weighted by Crippen LogP contribution is 2.34. The van der Waals surface area contributed by atoms with Crippen molar-refractivity contribution < 1.29 is 20.1 Å². The normalized spacial score (nSPS) is 30.2. The van der Waals surface area contributed by atoms with Gasteiger partial charge in [0.05, 0.1) is 6.61 Å². The molecule has 1 fully saturated rings. The first-order valence-corrected chi connectivity index (χ1v) is 6.38. The van der Waals surface area contributed by atoms with Gasteiger partial charge in [0.15, 0.2) is 6.23 Å². The largest absolute Gasteiger partial charge is 0.398 e. The Balaban J connectivity index is 2.10. The van der Waals surface area contributed by atoms with Crippen LogP contribution in [0.15, 0.2) is 18.5 Å². The summed E-state index contributed by atoms with van der Waals surface area (Å²) in [4.78, 5) is 4.27. The molecule has 20 heavy (non-hydrogen) atoms. The minimum absolute atomic E-state index is 0.359. The number of hydrogen-bond acceptors (Lipinski definition) is 6. The summed E-state index contributed by atoms with van der Waals surface area (Å²) in [7, 11) is 0. The monoisotopic (exact) mass is 279 g/mol. The van der Waals surface area contributed by atoms with Crippen molar-refractivity contribution in [1.29, 1.82) is 0 Å². The second-order valence-corrected chi connectivity index (χ2v) is 5.05. The Morgan fingerprint density at radius 3 is 2.80 bits per heavy atom. The zero-order chi connectivity index (χ0) is 14.4. The van der Waals surface area contributed by atoms with Crippen LogP contribution in [0.5, 0.6) is 0 Å². The number of anilines is 1. The van der Waals surface area contributed by atoms with Crippen molar-refractivity contribution in [3.05, 3.63) is 24.0 Å². The quantitative estimate of drug-likeness (QED) is 0.591. The molecule has 1 saturated heterocycles. The standard InChI is InChI=1S/C13H17N3O4/c1-6-4-16(12-9(6)7(14)2-3-15-12)13-11(19)10(18)8(5-17)20-13/h2-4,8,10-11,13,17-19H,5H2,1H3,(H2,14,15)/t8-,10-,11-,13-/m1/s1. The molecule has 0 spiro atoms. The first kappa shape index (κ1) is 13.3. The highest BCUT2D eigenvalue weighted by molar-refractivity contribution is 5.91. The van der Waals surface area contributed by atoms with Crippen molar-refractivity contribution in [2.45, 2.75) is 31.5 Å². The Hall–Kier alpha value is -1.67. The fourth-order valence-corrected chi connectivity index (χ4v) is 2.70. The number of aromatic nitrogens is 2. The molecular formula is C13H17N3O4. The van der Waals surface area contributed by atoms with Crippen molar-refractivity contribution in [3.8, 4) is 0 Å². The lowest BCUT2D eigenvalue weighted by molar-refractivity contribution is -0.0508. The van der Waals surface area contributed by atoms with Gasteiger partial charge in [-0.05, 0) is 18.6 Å². The number of aryl methyl sites for hydroxylation is 1. The Morgan fingerprint density at radius 2 is 2.15 bits per heavy atom. The van der Waals surface area contributed by atoms with Crippen molar-refractivity contribution >= 4 is 16.7 Å². The Morgan fingerprint density at radius 1 is 1.40 bits per heavy atom. The van der Waals surface area contributed by atoms with Crippen LogP contribution in [0.3, 0.4) is 0 Å². The summed E-state index contributed by atoms with van der Waals surface area (Å²) in [5, 5.41) is 29.9. The number of fused-ring (bicyclic) bond motifs is 1. The number of pyridine rings is 1. The minimum Gasteiger partial charge on any atom is -0.398 e. The number of ether oxygens (including phenoxy) is 1. The summed E-state index contributed by atoms with van der Waals surface area (Å²) in [5.74, 6) is 0. The van der Waals surface area contributed by atoms with Gasteiger partial charge in [0.1, 0.15) is 24.0 Å². The molecule has 108 valence electrons. The van der Waals surface area contributed by atoms with Gasteiger partial charge in [-0.2, -0.15) is 0 Å². The van der Waals surface area contributed by atoms with Crippen LogP contribution in [-0.2, 0) is 4.74 Å². The van der Waals surface area contributed by atoms with Crippen molar-refractivity contribution in [2.24, 2.45) is 0 Å². The van der Waals surface area contributed by atoms with E-state index >= 15 is 0 Å². The third-order valence-electron chi connectivity index (χ3n) is 3.73. The summed E-state index contributed by atoms with van der Waals surface area (Å²) in [5.41, 5.74) is 8.02. The first-order chi connectivity index (χ1) is 9.54. The molecule has 1 aliphatic heterocycles. The maximum Gasteiger partial charge on any atom is 0.164 e. The summed E-state index contributed by atoms with van der Waals surface area (Å²) in [6, 6.07) is 1.71. The van der Waals surface area contributed by atoms with Gasteiger partial charge in [-0.25, -0.2) is 4.98 Å². The van der Waals surface area contributed by atoms with E-state index in [9.17, 15) is 10.2 Å². The number of nitrogen functional groups attached to an aromatic ring is 1. The van der Waals surface area contributed by atoms with E-state index in [0.717, 1.165) is 10.9 Å². The number of aliphatic hydroxyl groups is 3. The topological polar surface area (TPSA) is 114 Å². The number of hydrogen-bond donors (Lipinski definition) is 4. The lowest BCUT2D eigenvalue weighted by atomic mass is 10.1. The van der Waals surface area contributed by atoms with Crippen molar-refractivity contribution in [2.75, 3.05) is 12.3 Å². The molecule has 1 aliphatic rings. The molecule has 0 unspecified atom stereocenters. The summed E-state index contributed by atoms with van der Waals surface area (Å²) in [6.45, 7) is 1.53. The Labute approximate surface area is 115 Å². The summed E-state index contributed by atoms with van der Waals surface area (Å²) >= 11 is 0. The zero-order valence-corrected chi connectivity index (χ0v) is 11.0. The first-order valence-electron chi connectivity index (χ1n) is 6.38. The van der Waals surface area contributed by atoms with Gasteiger partial charge in [-0.1, -0.05) is 0 Å². The third-order valence-corrected chi connectivity index (χ3v) is 3.73. The lowest BCUT2D eigenvalue weighted by Gasteiger charge is -2.17. The predicted octanol–water partition coefficient (Wildman–Crippen LogP) is -0.462. The fraction of sp³-hybridized carbons (Fsp3) is 0.462. The molecule has 0 bridgehead atoms. The molecule has 2 aromatic heterocycles. The Kier molecular flexibility index (Phi) is 3.14. The second kappa shape index (κ2) is 4.71. The molecule has 3 heterocycles.